The van der Waals surface area contributed by atoms with Crippen molar-refractivity contribution in [1.82, 2.24) is 4.90 Å². The van der Waals surface area contributed by atoms with Crippen molar-refractivity contribution in [2.24, 2.45) is 11.3 Å². The van der Waals surface area contributed by atoms with Crippen LogP contribution in [-0.4, -0.2) is 23.9 Å². The van der Waals surface area contributed by atoms with Gasteiger partial charge in [-0.15, -0.1) is 0 Å². The Bertz CT molecular complexity index is 537. The van der Waals surface area contributed by atoms with Gasteiger partial charge in [-0.2, -0.15) is 0 Å². The minimum absolute atomic E-state index is 0.250. The van der Waals surface area contributed by atoms with Crippen LogP contribution in [0.25, 0.3) is 0 Å². The van der Waals surface area contributed by atoms with Crippen LogP contribution in [0.1, 0.15) is 45.6 Å². The lowest BCUT2D eigenvalue weighted by atomic mass is 9.80. The van der Waals surface area contributed by atoms with Crippen molar-refractivity contribution >= 4 is 11.6 Å². The number of amides is 1. The highest BCUT2D eigenvalue weighted by Gasteiger charge is 2.54. The first kappa shape index (κ1) is 14.4. The molecule has 1 saturated heterocycles. The topological polar surface area (TPSA) is 46.3 Å². The number of hydrogen-bond donors (Lipinski definition) is 1. The van der Waals surface area contributed by atoms with Crippen molar-refractivity contribution in [1.29, 1.82) is 0 Å². The molecule has 0 aromatic heterocycles. The molecule has 2 aliphatic rings. The Morgan fingerprint density at radius 3 is 2.33 bits per heavy atom. The molecule has 3 heteroatoms. The Labute approximate surface area is 127 Å². The molecule has 0 bridgehead atoms. The molecule has 1 aliphatic heterocycles. The van der Waals surface area contributed by atoms with Gasteiger partial charge in [0, 0.05) is 18.8 Å². The Balaban J connectivity index is 1.75. The molecular formula is C18H26N2O. The Morgan fingerprint density at radius 1 is 1.24 bits per heavy atom. The van der Waals surface area contributed by atoms with E-state index in [1.165, 1.54) is 0 Å². The highest BCUT2D eigenvalue weighted by molar-refractivity contribution is 5.91. The van der Waals surface area contributed by atoms with E-state index >= 15 is 0 Å². The first-order valence-electron chi connectivity index (χ1n) is 7.98. The lowest BCUT2D eigenvalue weighted by Gasteiger charge is -2.28. The zero-order valence-corrected chi connectivity index (χ0v) is 13.4. The van der Waals surface area contributed by atoms with Crippen molar-refractivity contribution < 1.29 is 4.79 Å². The van der Waals surface area contributed by atoms with E-state index in [-0.39, 0.29) is 10.8 Å². The second-order valence-corrected chi connectivity index (χ2v) is 7.81. The number of anilines is 1. The van der Waals surface area contributed by atoms with E-state index < -0.39 is 0 Å². The second-order valence-electron chi connectivity index (χ2n) is 7.81. The summed E-state index contributed by atoms with van der Waals surface area (Å²) in [5.41, 5.74) is 7.69. The quantitative estimate of drug-likeness (QED) is 0.849. The number of carbonyl (C=O) groups is 1. The summed E-state index contributed by atoms with van der Waals surface area (Å²) >= 11 is 0. The number of hydrogen-bond acceptors (Lipinski definition) is 2. The maximum Gasteiger partial charge on any atom is 0.233 e. The smallest absolute Gasteiger partial charge is 0.233 e. The molecule has 2 fully saturated rings. The van der Waals surface area contributed by atoms with Crippen LogP contribution >= 0.6 is 0 Å². The average Bonchev–Trinajstić information content (AvgIpc) is 3.06. The van der Waals surface area contributed by atoms with Gasteiger partial charge in [0.15, 0.2) is 0 Å². The molecule has 1 unspecified atom stereocenters. The summed E-state index contributed by atoms with van der Waals surface area (Å²) in [6.07, 6.45) is 3.09. The van der Waals surface area contributed by atoms with Crippen LogP contribution in [0.2, 0.25) is 0 Å². The third-order valence-corrected chi connectivity index (χ3v) is 5.32. The largest absolute Gasteiger partial charge is 0.399 e. The first-order valence-corrected chi connectivity index (χ1v) is 7.98. The molecule has 1 aromatic rings. The molecule has 1 heterocycles. The van der Waals surface area contributed by atoms with Crippen LogP contribution in [0, 0.1) is 11.3 Å². The van der Waals surface area contributed by atoms with Gasteiger partial charge in [-0.3, -0.25) is 4.79 Å². The zero-order chi connectivity index (χ0) is 15.3. The summed E-state index contributed by atoms with van der Waals surface area (Å²) < 4.78 is 0. The molecule has 1 aliphatic carbocycles. The summed E-state index contributed by atoms with van der Waals surface area (Å²) in [6, 6.07) is 7.87. The van der Waals surface area contributed by atoms with Gasteiger partial charge in [-0.25, -0.2) is 0 Å². The van der Waals surface area contributed by atoms with Crippen molar-refractivity contribution in [3.05, 3.63) is 29.8 Å². The SMILES string of the molecule is CC(C)(C)C1CCN(C(=O)C2(c3ccc(N)cc3)CC2)C1. The molecule has 0 radical (unpaired) electrons. The summed E-state index contributed by atoms with van der Waals surface area (Å²) in [5.74, 6) is 0.947. The average molecular weight is 286 g/mol. The predicted octanol–water partition coefficient (Wildman–Crippen LogP) is 3.20. The fourth-order valence-electron chi connectivity index (χ4n) is 3.51. The summed E-state index contributed by atoms with van der Waals surface area (Å²) in [6.45, 7) is 8.66. The molecule has 1 saturated carbocycles. The highest BCUT2D eigenvalue weighted by atomic mass is 16.2. The van der Waals surface area contributed by atoms with Crippen molar-refractivity contribution in [2.75, 3.05) is 18.8 Å². The van der Waals surface area contributed by atoms with Crippen LogP contribution in [0.4, 0.5) is 5.69 Å². The molecule has 3 nitrogen and oxygen atoms in total. The van der Waals surface area contributed by atoms with Crippen molar-refractivity contribution in [3.8, 4) is 0 Å². The Morgan fingerprint density at radius 2 is 1.86 bits per heavy atom. The molecule has 1 aromatic carbocycles. The molecular weight excluding hydrogens is 260 g/mol. The molecule has 0 spiro atoms. The van der Waals surface area contributed by atoms with Gasteiger partial charge >= 0.3 is 0 Å². The Hall–Kier alpha value is -1.51. The van der Waals surface area contributed by atoms with Crippen LogP contribution in [0.15, 0.2) is 24.3 Å². The van der Waals surface area contributed by atoms with Gasteiger partial charge < -0.3 is 10.6 Å². The minimum atomic E-state index is -0.250. The van der Waals surface area contributed by atoms with Crippen LogP contribution in [0.3, 0.4) is 0 Å². The number of nitrogens with two attached hydrogens (primary N) is 1. The normalized spacial score (nSPS) is 24.1. The summed E-state index contributed by atoms with van der Waals surface area (Å²) in [5, 5.41) is 0. The van der Waals surface area contributed by atoms with Gasteiger partial charge in [0.1, 0.15) is 0 Å². The monoisotopic (exact) mass is 286 g/mol. The third kappa shape index (κ3) is 2.54. The van der Waals surface area contributed by atoms with E-state index in [9.17, 15) is 4.79 Å². The second kappa shape index (κ2) is 4.75. The molecule has 2 N–H and O–H groups in total. The number of benzene rings is 1. The summed E-state index contributed by atoms with van der Waals surface area (Å²) in [7, 11) is 0. The number of nitrogens with zero attached hydrogens (tertiary/aromatic N) is 1. The van der Waals surface area contributed by atoms with Gasteiger partial charge in [-0.05, 0) is 48.3 Å². The van der Waals surface area contributed by atoms with E-state index in [0.717, 1.165) is 43.6 Å². The Kier molecular flexibility index (Phi) is 3.27. The molecule has 21 heavy (non-hydrogen) atoms. The van der Waals surface area contributed by atoms with E-state index in [2.05, 4.69) is 25.7 Å². The van der Waals surface area contributed by atoms with Crippen LogP contribution in [-0.2, 0) is 10.2 Å². The standard InChI is InChI=1S/C18H26N2O/c1-17(2,3)14-8-11-20(12-14)16(21)18(9-10-18)13-4-6-15(19)7-5-13/h4-7,14H,8-12,19H2,1-3H3. The van der Waals surface area contributed by atoms with Crippen LogP contribution in [0.5, 0.6) is 0 Å². The van der Waals surface area contributed by atoms with Crippen LogP contribution < -0.4 is 5.73 Å². The van der Waals surface area contributed by atoms with Gasteiger partial charge in [-0.1, -0.05) is 32.9 Å². The lowest BCUT2D eigenvalue weighted by Crippen LogP contribution is -2.38. The minimum Gasteiger partial charge on any atom is -0.399 e. The van der Waals surface area contributed by atoms with Crippen molar-refractivity contribution in [2.45, 2.75) is 45.4 Å². The van der Waals surface area contributed by atoms with Crippen molar-refractivity contribution in [3.63, 3.8) is 0 Å². The number of rotatable bonds is 2. The number of nitrogen functional groups attached to an aromatic ring is 1. The maximum atomic E-state index is 13.0. The van der Waals surface area contributed by atoms with Gasteiger partial charge in [0.25, 0.3) is 0 Å². The third-order valence-electron chi connectivity index (χ3n) is 5.32. The van der Waals surface area contributed by atoms with Gasteiger partial charge in [0.2, 0.25) is 5.91 Å². The molecule has 1 atom stereocenters. The lowest BCUT2D eigenvalue weighted by molar-refractivity contribution is -0.133. The van der Waals surface area contributed by atoms with E-state index in [1.54, 1.807) is 0 Å². The zero-order valence-electron chi connectivity index (χ0n) is 13.4. The summed E-state index contributed by atoms with van der Waals surface area (Å²) in [4.78, 5) is 15.1. The molecule has 1 amide bonds. The molecule has 3 rings (SSSR count). The van der Waals surface area contributed by atoms with E-state index in [0.29, 0.717) is 11.8 Å². The fourth-order valence-corrected chi connectivity index (χ4v) is 3.51. The number of likely N-dealkylation sites (tertiary alicyclic amines) is 1. The number of carbonyl (C=O) groups excluding carboxylic acids is 1. The molecule has 114 valence electrons. The highest BCUT2D eigenvalue weighted by Crippen LogP contribution is 2.50. The van der Waals surface area contributed by atoms with Gasteiger partial charge in [0.05, 0.1) is 5.41 Å². The maximum absolute atomic E-state index is 13.0. The van der Waals surface area contributed by atoms with E-state index in [4.69, 9.17) is 5.73 Å². The fraction of sp³-hybridized carbons (Fsp3) is 0.611. The van der Waals surface area contributed by atoms with E-state index in [1.807, 2.05) is 24.3 Å². The first-order chi connectivity index (χ1) is 9.83. The predicted molar refractivity (Wildman–Crippen MR) is 85.9 cm³/mol.